The zero-order valence-electron chi connectivity index (χ0n) is 10.1. The minimum atomic E-state index is -3.62. The molecule has 0 spiro atoms. The molecule has 0 bridgehead atoms. The van der Waals surface area contributed by atoms with Crippen LogP contribution in [0, 0.1) is 6.92 Å². The van der Waals surface area contributed by atoms with E-state index in [1.807, 2.05) is 6.92 Å². The molecule has 1 aromatic rings. The first kappa shape index (κ1) is 16.1. The summed E-state index contributed by atoms with van der Waals surface area (Å²) in [5, 5.41) is 9.39. The van der Waals surface area contributed by atoms with E-state index in [1.54, 1.807) is 19.1 Å². The van der Waals surface area contributed by atoms with Gasteiger partial charge in [0.15, 0.2) is 0 Å². The summed E-state index contributed by atoms with van der Waals surface area (Å²) in [7, 11) is -3.62. The number of nitrogens with one attached hydrogen (secondary N) is 1. The third kappa shape index (κ3) is 4.03. The van der Waals surface area contributed by atoms with E-state index in [4.69, 9.17) is 0 Å². The normalized spacial score (nSPS) is 13.6. The predicted molar refractivity (Wildman–Crippen MR) is 78.1 cm³/mol. The Balaban J connectivity index is 3.02. The summed E-state index contributed by atoms with van der Waals surface area (Å²) in [6, 6.07) is 3.27. The molecular formula is C11H15Br2NO3S. The average Bonchev–Trinajstić information content (AvgIpc) is 2.30. The van der Waals surface area contributed by atoms with Gasteiger partial charge in [-0.2, -0.15) is 0 Å². The minimum Gasteiger partial charge on any atom is -0.392 e. The molecule has 7 heteroatoms. The number of hydrogen-bond acceptors (Lipinski definition) is 3. The first-order valence-electron chi connectivity index (χ1n) is 5.41. The molecule has 0 saturated heterocycles. The Kier molecular flexibility index (Phi) is 5.79. The van der Waals surface area contributed by atoms with Crippen LogP contribution in [-0.4, -0.2) is 26.2 Å². The van der Waals surface area contributed by atoms with Gasteiger partial charge in [-0.25, -0.2) is 13.1 Å². The van der Waals surface area contributed by atoms with Gasteiger partial charge in [-0.05, 0) is 47.0 Å². The maximum atomic E-state index is 12.1. The van der Waals surface area contributed by atoms with E-state index < -0.39 is 16.1 Å². The Bertz CT molecular complexity index is 531. The summed E-state index contributed by atoms with van der Waals surface area (Å²) in [6.45, 7) is 3.67. The molecule has 1 unspecified atom stereocenters. The van der Waals surface area contributed by atoms with Crippen molar-refractivity contribution in [2.75, 3.05) is 6.54 Å². The molecule has 0 aliphatic heterocycles. The van der Waals surface area contributed by atoms with E-state index in [0.717, 1.165) is 10.0 Å². The molecule has 0 aliphatic carbocycles. The van der Waals surface area contributed by atoms with Gasteiger partial charge in [-0.15, -0.1) is 0 Å². The Morgan fingerprint density at radius 1 is 1.33 bits per heavy atom. The van der Waals surface area contributed by atoms with Crippen molar-refractivity contribution in [2.24, 2.45) is 0 Å². The lowest BCUT2D eigenvalue weighted by molar-refractivity contribution is 0.174. The highest BCUT2D eigenvalue weighted by molar-refractivity contribution is 9.11. The second-order valence-electron chi connectivity index (χ2n) is 3.95. The van der Waals surface area contributed by atoms with Crippen LogP contribution in [0.4, 0.5) is 0 Å². The van der Waals surface area contributed by atoms with Gasteiger partial charge in [0.1, 0.15) is 0 Å². The molecule has 0 fully saturated rings. The number of halogens is 2. The molecule has 0 aliphatic rings. The fraction of sp³-hybridized carbons (Fsp3) is 0.455. The van der Waals surface area contributed by atoms with Crippen molar-refractivity contribution in [2.45, 2.75) is 31.3 Å². The number of aliphatic hydroxyl groups is 1. The molecule has 0 radical (unpaired) electrons. The van der Waals surface area contributed by atoms with Crippen molar-refractivity contribution in [1.82, 2.24) is 4.72 Å². The van der Waals surface area contributed by atoms with Gasteiger partial charge < -0.3 is 5.11 Å². The fourth-order valence-corrected chi connectivity index (χ4v) is 4.01. The molecular weight excluding hydrogens is 386 g/mol. The van der Waals surface area contributed by atoms with Crippen LogP contribution in [0.15, 0.2) is 26.0 Å². The van der Waals surface area contributed by atoms with Crippen LogP contribution in [0.25, 0.3) is 0 Å². The predicted octanol–water partition coefficient (Wildman–Crippen LogP) is 2.57. The van der Waals surface area contributed by atoms with Crippen molar-refractivity contribution in [3.8, 4) is 0 Å². The van der Waals surface area contributed by atoms with Gasteiger partial charge in [-0.3, -0.25) is 0 Å². The summed E-state index contributed by atoms with van der Waals surface area (Å²) in [5.41, 5.74) is 0.939. The highest BCUT2D eigenvalue weighted by atomic mass is 79.9. The molecule has 0 amide bonds. The lowest BCUT2D eigenvalue weighted by Crippen LogP contribution is -2.32. The Hall–Kier alpha value is 0.0500. The topological polar surface area (TPSA) is 66.4 Å². The van der Waals surface area contributed by atoms with E-state index >= 15 is 0 Å². The molecule has 0 saturated carbocycles. The molecule has 0 heterocycles. The number of benzene rings is 1. The summed E-state index contributed by atoms with van der Waals surface area (Å²) in [4.78, 5) is 0.156. The van der Waals surface area contributed by atoms with E-state index in [-0.39, 0.29) is 11.4 Å². The quantitative estimate of drug-likeness (QED) is 0.798. The van der Waals surface area contributed by atoms with Crippen LogP contribution in [0.5, 0.6) is 0 Å². The number of aliphatic hydroxyl groups excluding tert-OH is 1. The number of hydrogen-bond donors (Lipinski definition) is 2. The van der Waals surface area contributed by atoms with Crippen molar-refractivity contribution in [1.29, 1.82) is 0 Å². The van der Waals surface area contributed by atoms with Gasteiger partial charge >= 0.3 is 0 Å². The van der Waals surface area contributed by atoms with Crippen LogP contribution in [-0.2, 0) is 10.0 Å². The maximum Gasteiger partial charge on any atom is 0.241 e. The maximum absolute atomic E-state index is 12.1. The Morgan fingerprint density at radius 2 is 1.94 bits per heavy atom. The molecule has 18 heavy (non-hydrogen) atoms. The van der Waals surface area contributed by atoms with E-state index in [9.17, 15) is 13.5 Å². The van der Waals surface area contributed by atoms with Crippen molar-refractivity contribution < 1.29 is 13.5 Å². The van der Waals surface area contributed by atoms with Gasteiger partial charge in [0.05, 0.1) is 11.0 Å². The highest BCUT2D eigenvalue weighted by Gasteiger charge is 2.19. The van der Waals surface area contributed by atoms with Crippen molar-refractivity contribution in [3.63, 3.8) is 0 Å². The molecule has 1 aromatic carbocycles. The minimum absolute atomic E-state index is 0.0107. The first-order valence-corrected chi connectivity index (χ1v) is 8.48. The smallest absolute Gasteiger partial charge is 0.241 e. The number of aryl methyl sites for hydroxylation is 1. The van der Waals surface area contributed by atoms with Gasteiger partial charge in [0.25, 0.3) is 0 Å². The van der Waals surface area contributed by atoms with Crippen LogP contribution in [0.1, 0.15) is 18.9 Å². The Morgan fingerprint density at radius 3 is 2.50 bits per heavy atom. The zero-order valence-corrected chi connectivity index (χ0v) is 14.1. The summed E-state index contributed by atoms with van der Waals surface area (Å²) in [6.07, 6.45) is -0.172. The zero-order chi connectivity index (χ0) is 13.9. The van der Waals surface area contributed by atoms with Gasteiger partial charge in [0, 0.05) is 15.5 Å². The fourth-order valence-electron chi connectivity index (χ4n) is 1.26. The van der Waals surface area contributed by atoms with Crippen molar-refractivity contribution in [3.05, 3.63) is 26.6 Å². The average molecular weight is 401 g/mol. The first-order chi connectivity index (χ1) is 8.27. The number of sulfonamides is 1. The summed E-state index contributed by atoms with van der Waals surface area (Å²) < 4.78 is 27.7. The van der Waals surface area contributed by atoms with E-state index in [2.05, 4.69) is 36.6 Å². The highest BCUT2D eigenvalue weighted by Crippen LogP contribution is 2.28. The van der Waals surface area contributed by atoms with Gasteiger partial charge in [-0.1, -0.05) is 22.9 Å². The Labute approximate surface area is 124 Å². The summed E-state index contributed by atoms with van der Waals surface area (Å²) in [5.74, 6) is 0. The largest absolute Gasteiger partial charge is 0.392 e. The molecule has 0 aromatic heterocycles. The molecule has 2 N–H and O–H groups in total. The third-order valence-corrected chi connectivity index (χ3v) is 5.72. The monoisotopic (exact) mass is 399 g/mol. The van der Waals surface area contributed by atoms with Crippen molar-refractivity contribution >= 4 is 41.9 Å². The second kappa shape index (κ2) is 6.47. The standard InChI is InChI=1S/C11H15Br2NO3S/c1-3-8(15)6-14-18(16,17)11-5-9(12)7(2)4-10(11)13/h4-5,8,14-15H,3,6H2,1-2H3. The lowest BCUT2D eigenvalue weighted by atomic mass is 10.2. The van der Waals surface area contributed by atoms with Crippen LogP contribution in [0.2, 0.25) is 0 Å². The number of rotatable bonds is 5. The second-order valence-corrected chi connectivity index (χ2v) is 7.39. The van der Waals surface area contributed by atoms with E-state index in [0.29, 0.717) is 10.9 Å². The van der Waals surface area contributed by atoms with Crippen LogP contribution < -0.4 is 4.72 Å². The third-order valence-electron chi connectivity index (χ3n) is 2.48. The molecule has 102 valence electrons. The summed E-state index contributed by atoms with van der Waals surface area (Å²) >= 11 is 6.54. The SMILES string of the molecule is CCC(O)CNS(=O)(=O)c1cc(Br)c(C)cc1Br. The van der Waals surface area contributed by atoms with Gasteiger partial charge in [0.2, 0.25) is 10.0 Å². The van der Waals surface area contributed by atoms with Crippen LogP contribution in [0.3, 0.4) is 0 Å². The van der Waals surface area contributed by atoms with E-state index in [1.165, 1.54) is 0 Å². The van der Waals surface area contributed by atoms with Crippen LogP contribution >= 0.6 is 31.9 Å². The molecule has 1 atom stereocenters. The lowest BCUT2D eigenvalue weighted by Gasteiger charge is -2.12. The molecule has 1 rings (SSSR count). The molecule has 4 nitrogen and oxygen atoms in total.